The number of hydrogen-bond acceptors (Lipinski definition) is 6. The lowest BCUT2D eigenvalue weighted by Crippen LogP contribution is -2.68. The minimum absolute atomic E-state index is 0.603. The Morgan fingerprint density at radius 1 is 1.03 bits per heavy atom. The first-order valence-electron chi connectivity index (χ1n) is 9.16. The second kappa shape index (κ2) is 8.79. The molecule has 0 saturated heterocycles. The van der Waals surface area contributed by atoms with Crippen LogP contribution in [-0.2, 0) is 6.54 Å². The molecule has 1 atom stereocenters. The smallest absolute Gasteiger partial charge is 0.266 e. The molecule has 1 aliphatic rings. The summed E-state index contributed by atoms with van der Waals surface area (Å²) in [4.78, 5) is 2.14. The van der Waals surface area contributed by atoms with Gasteiger partial charge in [0.1, 0.15) is 4.70 Å². The van der Waals surface area contributed by atoms with Gasteiger partial charge in [-0.25, -0.2) is 18.6 Å². The Morgan fingerprint density at radius 2 is 1.66 bits per heavy atom. The van der Waals surface area contributed by atoms with Crippen LogP contribution in [-0.4, -0.2) is 14.1 Å². The van der Waals surface area contributed by atoms with Gasteiger partial charge in [-0.1, -0.05) is 42.5 Å². The van der Waals surface area contributed by atoms with Gasteiger partial charge in [-0.15, -0.1) is 10.2 Å². The van der Waals surface area contributed by atoms with Crippen LogP contribution in [0.15, 0.2) is 48.5 Å². The molecule has 0 N–H and O–H groups in total. The molecule has 0 bridgehead atoms. The van der Waals surface area contributed by atoms with Gasteiger partial charge in [0.15, 0.2) is 6.54 Å². The van der Waals surface area contributed by atoms with Crippen molar-refractivity contribution in [2.24, 2.45) is 5.92 Å². The largest absolute Gasteiger partial charge is 0.378 e. The SMILES string of the molecule is CC1CC[n+]2c(sc3ccccc32)C1=Cc1ccc(N(C)C)cc1.[O-][Cl+3]([O-])([O-])[O-]. The van der Waals surface area contributed by atoms with E-state index in [4.69, 9.17) is 18.6 Å². The highest BCUT2D eigenvalue weighted by Crippen LogP contribution is 2.36. The number of anilines is 1. The van der Waals surface area contributed by atoms with E-state index in [-0.39, 0.29) is 0 Å². The summed E-state index contributed by atoms with van der Waals surface area (Å²) < 4.78 is 37.9. The van der Waals surface area contributed by atoms with E-state index in [1.54, 1.807) is 0 Å². The van der Waals surface area contributed by atoms with Gasteiger partial charge in [0.2, 0.25) is 5.52 Å². The van der Waals surface area contributed by atoms with Crippen molar-refractivity contribution in [1.82, 2.24) is 0 Å². The summed E-state index contributed by atoms with van der Waals surface area (Å²) in [5.41, 5.74) is 5.37. The third kappa shape index (κ3) is 5.54. The monoisotopic (exact) mass is 434 g/mol. The van der Waals surface area contributed by atoms with Crippen molar-refractivity contribution in [3.05, 3.63) is 59.1 Å². The van der Waals surface area contributed by atoms with Crippen molar-refractivity contribution in [2.45, 2.75) is 19.9 Å². The fraction of sp³-hybridized carbons (Fsp3) is 0.286. The molecule has 3 aromatic rings. The van der Waals surface area contributed by atoms with Crippen molar-refractivity contribution >= 4 is 38.9 Å². The van der Waals surface area contributed by atoms with Crippen LogP contribution >= 0.6 is 11.3 Å². The quantitative estimate of drug-likeness (QED) is 0.532. The molecule has 0 spiro atoms. The molecule has 1 aliphatic heterocycles. The molecular formula is C21H23ClN2O4S. The van der Waals surface area contributed by atoms with E-state index in [1.807, 2.05) is 11.3 Å². The molecule has 0 amide bonds. The number of aryl methyl sites for hydroxylation is 1. The zero-order valence-corrected chi connectivity index (χ0v) is 18.1. The van der Waals surface area contributed by atoms with Gasteiger partial charge >= 0.3 is 0 Å². The lowest BCUT2D eigenvalue weighted by Gasteiger charge is -2.17. The summed E-state index contributed by atoms with van der Waals surface area (Å²) in [5.74, 6) is 0.603. The van der Waals surface area contributed by atoms with Crippen LogP contribution in [0.1, 0.15) is 23.9 Å². The Kier molecular flexibility index (Phi) is 6.58. The van der Waals surface area contributed by atoms with Gasteiger partial charge in [0.05, 0.1) is 0 Å². The highest BCUT2D eigenvalue weighted by molar-refractivity contribution is 7.19. The number of nitrogens with zero attached hydrogens (tertiary/aromatic N) is 2. The normalized spacial score (nSPS) is 17.6. The maximum atomic E-state index is 8.49. The lowest BCUT2D eigenvalue weighted by molar-refractivity contribution is -2.00. The van der Waals surface area contributed by atoms with Crippen molar-refractivity contribution in [1.29, 1.82) is 0 Å². The molecule has 0 saturated carbocycles. The van der Waals surface area contributed by atoms with Crippen LogP contribution in [0.4, 0.5) is 5.69 Å². The standard InChI is InChI=1S/C21H23N2S.ClHO4/c1-15-12-13-23-19-6-4-5-7-20(19)24-21(23)18(15)14-16-8-10-17(11-9-16)22(2)3;2-1(3,4)5/h4-11,14-15H,12-13H2,1-3H3;(H,2,3,4,5)/q+1;/p-1. The van der Waals surface area contributed by atoms with Crippen molar-refractivity contribution in [2.75, 3.05) is 19.0 Å². The van der Waals surface area contributed by atoms with Crippen molar-refractivity contribution in [3.63, 3.8) is 0 Å². The topological polar surface area (TPSA) is 99.4 Å². The van der Waals surface area contributed by atoms with E-state index in [9.17, 15) is 0 Å². The number of para-hydroxylation sites is 1. The molecular weight excluding hydrogens is 412 g/mol. The molecule has 4 rings (SSSR count). The molecule has 0 aliphatic carbocycles. The molecule has 29 heavy (non-hydrogen) atoms. The molecule has 1 unspecified atom stereocenters. The van der Waals surface area contributed by atoms with Gasteiger partial charge < -0.3 is 4.90 Å². The highest BCUT2D eigenvalue weighted by atomic mass is 35.7. The van der Waals surface area contributed by atoms with E-state index >= 15 is 0 Å². The summed E-state index contributed by atoms with van der Waals surface area (Å²) in [6.07, 6.45) is 3.59. The molecule has 2 aromatic carbocycles. The number of rotatable bonds is 2. The molecule has 6 nitrogen and oxygen atoms in total. The first-order valence-corrected chi connectivity index (χ1v) is 11.2. The van der Waals surface area contributed by atoms with Crippen LogP contribution in [0.5, 0.6) is 0 Å². The Balaban J connectivity index is 0.000000431. The van der Waals surface area contributed by atoms with Gasteiger partial charge in [-0.05, 0) is 35.8 Å². The van der Waals surface area contributed by atoms with Crippen LogP contribution in [0.2, 0.25) is 0 Å². The summed E-state index contributed by atoms with van der Waals surface area (Å²) >= 11 is 1.93. The highest BCUT2D eigenvalue weighted by Gasteiger charge is 2.31. The maximum absolute atomic E-state index is 8.49. The Hall–Kier alpha value is -2.00. The number of benzene rings is 2. The number of fused-ring (bicyclic) bond motifs is 3. The van der Waals surface area contributed by atoms with E-state index in [1.165, 1.54) is 38.5 Å². The second-order valence-corrected chi connectivity index (χ2v) is 8.97. The Morgan fingerprint density at radius 3 is 2.28 bits per heavy atom. The minimum Gasteiger partial charge on any atom is -0.378 e. The van der Waals surface area contributed by atoms with Gasteiger partial charge in [-0.2, -0.15) is 4.57 Å². The first-order chi connectivity index (χ1) is 13.6. The van der Waals surface area contributed by atoms with Crippen LogP contribution < -0.4 is 28.1 Å². The first kappa shape index (κ1) is 21.7. The number of thiazole rings is 1. The summed E-state index contributed by atoms with van der Waals surface area (Å²) in [7, 11) is -0.784. The zero-order valence-electron chi connectivity index (χ0n) is 16.5. The van der Waals surface area contributed by atoms with Crippen LogP contribution in [0.3, 0.4) is 0 Å². The van der Waals surface area contributed by atoms with E-state index in [2.05, 4.69) is 85.1 Å². The fourth-order valence-electron chi connectivity index (χ4n) is 3.41. The van der Waals surface area contributed by atoms with E-state index in [0.717, 1.165) is 6.54 Å². The summed E-state index contributed by atoms with van der Waals surface area (Å²) in [5, 5.41) is 1.42. The summed E-state index contributed by atoms with van der Waals surface area (Å²) in [6.45, 7) is 3.48. The predicted molar refractivity (Wildman–Crippen MR) is 104 cm³/mol. The maximum Gasteiger partial charge on any atom is 0.266 e. The second-order valence-electron chi connectivity index (χ2n) is 7.18. The van der Waals surface area contributed by atoms with Gasteiger partial charge in [0, 0.05) is 37.8 Å². The third-order valence-electron chi connectivity index (χ3n) is 4.90. The number of allylic oxidation sites excluding steroid dienone is 1. The molecule has 154 valence electrons. The van der Waals surface area contributed by atoms with Gasteiger partial charge in [0.25, 0.3) is 5.01 Å². The third-order valence-corrected chi connectivity index (χ3v) is 6.12. The molecule has 0 fully saturated rings. The minimum atomic E-state index is -4.94. The van der Waals surface area contributed by atoms with E-state index in [0.29, 0.717) is 5.92 Å². The van der Waals surface area contributed by atoms with Crippen LogP contribution in [0, 0.1) is 16.2 Å². The zero-order chi connectivity index (χ0) is 21.2. The number of hydrogen-bond donors (Lipinski definition) is 0. The number of halogens is 1. The molecule has 1 aromatic heterocycles. The Labute approximate surface area is 176 Å². The molecule has 2 heterocycles. The van der Waals surface area contributed by atoms with Crippen molar-refractivity contribution < 1.29 is 33.4 Å². The predicted octanol–water partition coefficient (Wildman–Crippen LogP) is 0.0792. The van der Waals surface area contributed by atoms with Crippen LogP contribution in [0.25, 0.3) is 21.9 Å². The summed E-state index contributed by atoms with van der Waals surface area (Å²) in [6, 6.07) is 17.6. The molecule has 0 radical (unpaired) electrons. The lowest BCUT2D eigenvalue weighted by atomic mass is 9.93. The van der Waals surface area contributed by atoms with E-state index < -0.39 is 10.2 Å². The Bertz CT molecular complexity index is 1000. The van der Waals surface area contributed by atoms with Crippen molar-refractivity contribution in [3.8, 4) is 0 Å². The number of aromatic nitrogens is 1. The average Bonchev–Trinajstić information content (AvgIpc) is 3.02. The molecule has 8 heteroatoms. The van der Waals surface area contributed by atoms with Gasteiger partial charge in [-0.3, -0.25) is 0 Å². The fourth-order valence-corrected chi connectivity index (χ4v) is 4.73. The average molecular weight is 435 g/mol.